The molecule has 0 N–H and O–H groups in total. The molecule has 0 bridgehead atoms. The van der Waals surface area contributed by atoms with E-state index in [1.807, 2.05) is 30.3 Å². The fraction of sp³-hybridized carbons (Fsp3) is 0.250. The highest BCUT2D eigenvalue weighted by Crippen LogP contribution is 2.28. The van der Waals surface area contributed by atoms with Crippen molar-refractivity contribution in [3.05, 3.63) is 107 Å². The van der Waals surface area contributed by atoms with Crippen molar-refractivity contribution in [2.75, 3.05) is 0 Å². The molecule has 0 aliphatic carbocycles. The normalized spacial score (nSPS) is 10.8. The van der Waals surface area contributed by atoms with Crippen molar-refractivity contribution in [1.29, 1.82) is 0 Å². The Labute approximate surface area is 197 Å². The maximum atomic E-state index is 15.2. The van der Waals surface area contributed by atoms with Crippen LogP contribution in [0.5, 0.6) is 0 Å². The molecule has 0 heterocycles. The number of benzene rings is 4. The van der Waals surface area contributed by atoms with E-state index in [4.69, 9.17) is 0 Å². The first-order valence-electron chi connectivity index (χ1n) is 12.1. The molecular weight excluding hydrogens is 403 g/mol. The standard InChI is InChI=1S/C32H31F/c1-3-5-7-24-9-11-26(12-10-24)15-18-28-19-20-30-23-29(21-22-31(30)32(28)33)27-16-13-25(14-17-27)8-6-4-2/h9-14,16-17,19-23H,3-8H2,1-2H3. The first-order valence-corrected chi connectivity index (χ1v) is 12.1. The van der Waals surface area contributed by atoms with Gasteiger partial charge in [-0.15, -0.1) is 0 Å². The van der Waals surface area contributed by atoms with Crippen LogP contribution in [0.25, 0.3) is 21.9 Å². The topological polar surface area (TPSA) is 0 Å². The molecule has 0 radical (unpaired) electrons. The van der Waals surface area contributed by atoms with Gasteiger partial charge in [-0.25, -0.2) is 4.39 Å². The zero-order valence-electron chi connectivity index (χ0n) is 19.6. The first-order chi connectivity index (χ1) is 16.2. The van der Waals surface area contributed by atoms with Gasteiger partial charge in [-0.3, -0.25) is 0 Å². The maximum absolute atomic E-state index is 15.2. The summed E-state index contributed by atoms with van der Waals surface area (Å²) in [6.45, 7) is 4.41. The molecule has 0 unspecified atom stereocenters. The quantitative estimate of drug-likeness (QED) is 0.255. The van der Waals surface area contributed by atoms with E-state index in [-0.39, 0.29) is 5.82 Å². The van der Waals surface area contributed by atoms with Crippen LogP contribution in [0.2, 0.25) is 0 Å². The molecule has 0 aliphatic rings. The van der Waals surface area contributed by atoms with Crippen LogP contribution < -0.4 is 0 Å². The Balaban J connectivity index is 1.54. The molecule has 0 aliphatic heterocycles. The molecule has 33 heavy (non-hydrogen) atoms. The second kappa shape index (κ2) is 11.0. The third-order valence-corrected chi connectivity index (χ3v) is 6.17. The molecule has 1 heteroatoms. The molecule has 0 fully saturated rings. The molecule has 0 saturated carbocycles. The number of halogens is 1. The van der Waals surface area contributed by atoms with Crippen LogP contribution in [0.1, 0.15) is 61.8 Å². The summed E-state index contributed by atoms with van der Waals surface area (Å²) in [7, 11) is 0. The van der Waals surface area contributed by atoms with Gasteiger partial charge in [0.25, 0.3) is 0 Å². The number of rotatable bonds is 7. The fourth-order valence-electron chi connectivity index (χ4n) is 4.09. The van der Waals surface area contributed by atoms with Crippen molar-refractivity contribution in [3.8, 4) is 23.0 Å². The number of aryl methyl sites for hydroxylation is 2. The minimum atomic E-state index is -0.249. The van der Waals surface area contributed by atoms with Crippen molar-refractivity contribution in [1.82, 2.24) is 0 Å². The molecule has 0 saturated heterocycles. The van der Waals surface area contributed by atoms with Gasteiger partial charge < -0.3 is 0 Å². The maximum Gasteiger partial charge on any atom is 0.146 e. The molecule has 166 valence electrons. The van der Waals surface area contributed by atoms with Crippen molar-refractivity contribution < 1.29 is 4.39 Å². The van der Waals surface area contributed by atoms with Crippen LogP contribution in [0, 0.1) is 17.7 Å². The van der Waals surface area contributed by atoms with E-state index >= 15 is 4.39 Å². The molecular formula is C32H31F. The van der Waals surface area contributed by atoms with E-state index in [9.17, 15) is 0 Å². The highest BCUT2D eigenvalue weighted by Gasteiger charge is 2.08. The highest BCUT2D eigenvalue weighted by atomic mass is 19.1. The first kappa shape index (κ1) is 22.8. The van der Waals surface area contributed by atoms with Crippen LogP contribution in [0.4, 0.5) is 4.39 Å². The highest BCUT2D eigenvalue weighted by molar-refractivity contribution is 5.89. The summed E-state index contributed by atoms with van der Waals surface area (Å²) in [5.41, 5.74) is 6.30. The van der Waals surface area contributed by atoms with Gasteiger partial charge in [0.1, 0.15) is 5.82 Å². The number of hydrogen-bond acceptors (Lipinski definition) is 0. The molecule has 4 rings (SSSR count). The third-order valence-electron chi connectivity index (χ3n) is 6.17. The summed E-state index contributed by atoms with van der Waals surface area (Å²) in [5, 5.41) is 1.51. The van der Waals surface area contributed by atoms with Gasteiger partial charge in [0.2, 0.25) is 0 Å². The summed E-state index contributed by atoms with van der Waals surface area (Å²) in [6, 6.07) is 26.7. The van der Waals surface area contributed by atoms with E-state index in [1.54, 1.807) is 6.07 Å². The van der Waals surface area contributed by atoms with E-state index in [2.05, 4.69) is 68.2 Å². The van der Waals surface area contributed by atoms with Crippen LogP contribution in [-0.4, -0.2) is 0 Å². The number of fused-ring (bicyclic) bond motifs is 1. The monoisotopic (exact) mass is 434 g/mol. The second-order valence-electron chi connectivity index (χ2n) is 8.71. The molecule has 0 nitrogen and oxygen atoms in total. The molecule has 0 amide bonds. The smallest absolute Gasteiger partial charge is 0.146 e. The molecule has 4 aromatic rings. The summed E-state index contributed by atoms with van der Waals surface area (Å²) >= 11 is 0. The van der Waals surface area contributed by atoms with Crippen molar-refractivity contribution in [3.63, 3.8) is 0 Å². The minimum Gasteiger partial charge on any atom is -0.205 e. The second-order valence-corrected chi connectivity index (χ2v) is 8.71. The van der Waals surface area contributed by atoms with Crippen LogP contribution in [0.3, 0.4) is 0 Å². The Kier molecular flexibility index (Phi) is 7.59. The minimum absolute atomic E-state index is 0.249. The summed E-state index contributed by atoms with van der Waals surface area (Å²) < 4.78 is 15.2. The zero-order valence-corrected chi connectivity index (χ0v) is 19.6. The molecule has 0 atom stereocenters. The summed E-state index contributed by atoms with van der Waals surface area (Å²) in [6.07, 6.45) is 7.01. The number of hydrogen-bond donors (Lipinski definition) is 0. The van der Waals surface area contributed by atoms with Gasteiger partial charge in [-0.1, -0.05) is 93.1 Å². The largest absolute Gasteiger partial charge is 0.205 e. The van der Waals surface area contributed by atoms with Gasteiger partial charge in [0, 0.05) is 10.9 Å². The summed E-state index contributed by atoms with van der Waals surface area (Å²) in [5.74, 6) is 5.90. The Bertz CT molecular complexity index is 1270. The fourth-order valence-corrected chi connectivity index (χ4v) is 4.09. The lowest BCUT2D eigenvalue weighted by Gasteiger charge is -2.07. The average Bonchev–Trinajstić information content (AvgIpc) is 2.86. The molecule has 0 aromatic heterocycles. The van der Waals surface area contributed by atoms with E-state index in [1.165, 1.54) is 36.8 Å². The predicted molar refractivity (Wildman–Crippen MR) is 139 cm³/mol. The van der Waals surface area contributed by atoms with E-state index in [0.717, 1.165) is 34.9 Å². The van der Waals surface area contributed by atoms with Gasteiger partial charge in [0.05, 0.1) is 5.56 Å². The molecule has 4 aromatic carbocycles. The lowest BCUT2D eigenvalue weighted by molar-refractivity contribution is 0.636. The zero-order chi connectivity index (χ0) is 23.0. The Morgan fingerprint density at radius 2 is 1.24 bits per heavy atom. The van der Waals surface area contributed by atoms with E-state index < -0.39 is 0 Å². The SMILES string of the molecule is CCCCc1ccc(C#Cc2ccc3cc(-c4ccc(CCCC)cc4)ccc3c2F)cc1. The van der Waals surface area contributed by atoms with Crippen molar-refractivity contribution in [2.24, 2.45) is 0 Å². The Morgan fingerprint density at radius 3 is 1.88 bits per heavy atom. The van der Waals surface area contributed by atoms with Gasteiger partial charge >= 0.3 is 0 Å². The lowest BCUT2D eigenvalue weighted by atomic mass is 9.98. The van der Waals surface area contributed by atoms with Crippen molar-refractivity contribution >= 4 is 10.8 Å². The van der Waals surface area contributed by atoms with Crippen LogP contribution in [-0.2, 0) is 12.8 Å². The van der Waals surface area contributed by atoms with Crippen molar-refractivity contribution in [2.45, 2.75) is 52.4 Å². The average molecular weight is 435 g/mol. The number of unbranched alkanes of at least 4 members (excludes halogenated alkanes) is 2. The van der Waals surface area contributed by atoms with Crippen LogP contribution >= 0.6 is 0 Å². The van der Waals surface area contributed by atoms with Gasteiger partial charge in [-0.2, -0.15) is 0 Å². The lowest BCUT2D eigenvalue weighted by Crippen LogP contribution is -1.89. The Hall–Kier alpha value is -3.37. The van der Waals surface area contributed by atoms with Gasteiger partial charge in [0.15, 0.2) is 0 Å². The molecule has 0 spiro atoms. The Morgan fingerprint density at radius 1 is 0.636 bits per heavy atom. The van der Waals surface area contributed by atoms with Gasteiger partial charge in [-0.05, 0) is 77.6 Å². The third kappa shape index (κ3) is 5.71. The summed E-state index contributed by atoms with van der Waals surface area (Å²) in [4.78, 5) is 0. The van der Waals surface area contributed by atoms with E-state index in [0.29, 0.717) is 10.9 Å². The van der Waals surface area contributed by atoms with Crippen LogP contribution in [0.15, 0.2) is 78.9 Å². The predicted octanol–water partition coefficient (Wildman–Crippen LogP) is 8.73.